The summed E-state index contributed by atoms with van der Waals surface area (Å²) in [6.45, 7) is 1.64. The summed E-state index contributed by atoms with van der Waals surface area (Å²) in [6.07, 6.45) is -0.682. The molecule has 5 unspecified atom stereocenters. The predicted octanol–water partition coefficient (Wildman–Crippen LogP) is -2.42. The van der Waals surface area contributed by atoms with Crippen molar-refractivity contribution in [2.24, 2.45) is 17.2 Å². The topological polar surface area (TPSA) is 260 Å². The molecular formula is C24H38N6O8. The maximum absolute atomic E-state index is 13.1. The number of phenolic OH excluding ortho intramolecular Hbond substituents is 1. The van der Waals surface area contributed by atoms with Crippen LogP contribution in [0.4, 0.5) is 0 Å². The highest BCUT2D eigenvalue weighted by molar-refractivity contribution is 5.94. The van der Waals surface area contributed by atoms with Crippen LogP contribution in [0.3, 0.4) is 0 Å². The summed E-state index contributed by atoms with van der Waals surface area (Å²) in [6, 6.07) is 0.579. The van der Waals surface area contributed by atoms with Gasteiger partial charge in [-0.2, -0.15) is 0 Å². The summed E-state index contributed by atoms with van der Waals surface area (Å²) >= 11 is 0. The molecule has 14 nitrogen and oxygen atoms in total. The molecule has 0 fully saturated rings. The molecule has 0 saturated carbocycles. The monoisotopic (exact) mass is 538 g/mol. The molecule has 0 spiro atoms. The number of phenols is 1. The molecule has 4 amide bonds. The van der Waals surface area contributed by atoms with Gasteiger partial charge >= 0.3 is 5.97 Å². The molecule has 0 aromatic heterocycles. The minimum Gasteiger partial charge on any atom is -0.508 e. The van der Waals surface area contributed by atoms with E-state index < -0.39 is 59.9 Å². The Balaban J connectivity index is 3.17. The molecule has 0 aliphatic rings. The van der Waals surface area contributed by atoms with Gasteiger partial charge in [0.15, 0.2) is 0 Å². The second kappa shape index (κ2) is 16.2. The number of rotatable bonds is 17. The van der Waals surface area contributed by atoms with Gasteiger partial charge in [-0.3, -0.25) is 19.2 Å². The number of hydrogen-bond donors (Lipinski definition) is 9. The molecule has 1 aromatic carbocycles. The first kappa shape index (κ1) is 32.3. The van der Waals surface area contributed by atoms with E-state index in [0.29, 0.717) is 24.9 Å². The van der Waals surface area contributed by atoms with Gasteiger partial charge in [-0.1, -0.05) is 12.1 Å². The van der Waals surface area contributed by atoms with Gasteiger partial charge in [-0.05, 0) is 56.8 Å². The second-order valence-corrected chi connectivity index (χ2v) is 8.95. The van der Waals surface area contributed by atoms with Crippen molar-refractivity contribution in [3.05, 3.63) is 29.8 Å². The third kappa shape index (κ3) is 11.5. The molecular weight excluding hydrogens is 500 g/mol. The lowest BCUT2D eigenvalue weighted by Gasteiger charge is -2.25. The zero-order valence-corrected chi connectivity index (χ0v) is 21.3. The first-order valence-corrected chi connectivity index (χ1v) is 12.2. The summed E-state index contributed by atoms with van der Waals surface area (Å²) in [4.78, 5) is 61.6. The number of unbranched alkanes of at least 4 members (excludes halogenated alkanes) is 1. The minimum absolute atomic E-state index is 0.0201. The van der Waals surface area contributed by atoms with Crippen molar-refractivity contribution in [3.63, 3.8) is 0 Å². The average Bonchev–Trinajstić information content (AvgIpc) is 2.85. The molecule has 0 bridgehead atoms. The second-order valence-electron chi connectivity index (χ2n) is 8.95. The molecule has 212 valence electrons. The van der Waals surface area contributed by atoms with E-state index >= 15 is 0 Å². The average molecular weight is 539 g/mol. The quantitative estimate of drug-likeness (QED) is 0.0947. The number of aromatic hydroxyl groups is 1. The minimum atomic E-state index is -1.36. The van der Waals surface area contributed by atoms with Crippen LogP contribution in [0.2, 0.25) is 0 Å². The summed E-state index contributed by atoms with van der Waals surface area (Å²) in [5.41, 5.74) is 16.8. The number of nitrogens with two attached hydrogens (primary N) is 3. The van der Waals surface area contributed by atoms with E-state index in [0.717, 1.165) is 0 Å². The summed E-state index contributed by atoms with van der Waals surface area (Å²) < 4.78 is 0. The number of carbonyl (C=O) groups is 5. The van der Waals surface area contributed by atoms with Crippen LogP contribution in [-0.4, -0.2) is 81.7 Å². The van der Waals surface area contributed by atoms with Crippen molar-refractivity contribution >= 4 is 29.6 Å². The fraction of sp³-hybridized carbons (Fsp3) is 0.542. The number of aliphatic hydroxyl groups is 1. The van der Waals surface area contributed by atoms with E-state index in [1.54, 1.807) is 0 Å². The van der Waals surface area contributed by atoms with Crippen LogP contribution in [0.5, 0.6) is 5.75 Å². The molecule has 1 aromatic rings. The van der Waals surface area contributed by atoms with E-state index in [2.05, 4.69) is 16.0 Å². The number of carboxylic acid groups (broad SMARTS) is 1. The summed E-state index contributed by atoms with van der Waals surface area (Å²) in [5, 5.41) is 35.9. The first-order valence-electron chi connectivity index (χ1n) is 12.2. The zero-order valence-electron chi connectivity index (χ0n) is 21.3. The normalized spacial score (nSPS) is 14.8. The largest absolute Gasteiger partial charge is 0.508 e. The Bertz CT molecular complexity index is 956. The van der Waals surface area contributed by atoms with Gasteiger partial charge in [0.25, 0.3) is 0 Å². The number of hydrogen-bond acceptors (Lipinski definition) is 9. The van der Waals surface area contributed by atoms with Crippen molar-refractivity contribution in [2.45, 2.75) is 75.7 Å². The lowest BCUT2D eigenvalue weighted by Crippen LogP contribution is -2.58. The van der Waals surface area contributed by atoms with Crippen LogP contribution in [0.15, 0.2) is 24.3 Å². The summed E-state index contributed by atoms with van der Waals surface area (Å²) in [5.74, 6) is -4.54. The van der Waals surface area contributed by atoms with Crippen LogP contribution in [-0.2, 0) is 30.4 Å². The molecule has 38 heavy (non-hydrogen) atoms. The number of nitrogens with one attached hydrogen (secondary N) is 3. The molecule has 0 aliphatic heterocycles. The van der Waals surface area contributed by atoms with Crippen molar-refractivity contribution in [1.82, 2.24) is 16.0 Å². The van der Waals surface area contributed by atoms with Gasteiger partial charge in [-0.15, -0.1) is 0 Å². The van der Waals surface area contributed by atoms with Crippen LogP contribution in [0, 0.1) is 0 Å². The fourth-order valence-electron chi connectivity index (χ4n) is 3.41. The van der Waals surface area contributed by atoms with Crippen LogP contribution < -0.4 is 33.2 Å². The predicted molar refractivity (Wildman–Crippen MR) is 136 cm³/mol. The standard InChI is InChI=1S/C24H38N6O8/c1-13(31)20(27)23(36)28-16(9-10-19(26)33)21(34)30-18(12-14-5-7-15(32)8-6-14)22(35)29-17(24(37)38)4-2-3-11-25/h5-8,13,16-18,20,31-32H,2-4,9-12,25,27H2,1H3,(H2,26,33)(H,28,36)(H,29,35)(H,30,34)(H,37,38). The van der Waals surface area contributed by atoms with E-state index in [9.17, 15) is 39.3 Å². The highest BCUT2D eigenvalue weighted by atomic mass is 16.4. The van der Waals surface area contributed by atoms with Gasteiger partial charge in [-0.25, -0.2) is 4.79 Å². The van der Waals surface area contributed by atoms with Crippen molar-refractivity contribution < 1.29 is 39.3 Å². The number of aliphatic carboxylic acids is 1. The Morgan fingerprint density at radius 2 is 1.42 bits per heavy atom. The van der Waals surface area contributed by atoms with Crippen molar-refractivity contribution in [2.75, 3.05) is 6.54 Å². The van der Waals surface area contributed by atoms with Gasteiger partial charge < -0.3 is 48.5 Å². The highest BCUT2D eigenvalue weighted by Gasteiger charge is 2.31. The molecule has 5 atom stereocenters. The number of amides is 4. The Morgan fingerprint density at radius 3 is 1.95 bits per heavy atom. The molecule has 0 heterocycles. The first-order chi connectivity index (χ1) is 17.8. The summed E-state index contributed by atoms with van der Waals surface area (Å²) in [7, 11) is 0. The zero-order chi connectivity index (χ0) is 28.8. The highest BCUT2D eigenvalue weighted by Crippen LogP contribution is 2.12. The Morgan fingerprint density at radius 1 is 0.868 bits per heavy atom. The lowest BCUT2D eigenvalue weighted by molar-refractivity contribution is -0.142. The molecule has 14 heteroatoms. The smallest absolute Gasteiger partial charge is 0.326 e. The SMILES string of the molecule is CC(O)C(N)C(=O)NC(CCC(N)=O)C(=O)NC(Cc1ccc(O)cc1)C(=O)NC(CCCCN)C(=O)O. The molecule has 1 rings (SSSR count). The third-order valence-corrected chi connectivity index (χ3v) is 5.71. The Kier molecular flexibility index (Phi) is 13.7. The number of aliphatic hydroxyl groups excluding tert-OH is 1. The molecule has 0 saturated heterocycles. The maximum atomic E-state index is 13.1. The Labute approximate surface area is 220 Å². The van der Waals surface area contributed by atoms with E-state index in [1.165, 1.54) is 31.2 Å². The van der Waals surface area contributed by atoms with E-state index in [4.69, 9.17) is 17.2 Å². The Hall–Kier alpha value is -3.75. The van der Waals surface area contributed by atoms with Crippen molar-refractivity contribution in [1.29, 1.82) is 0 Å². The van der Waals surface area contributed by atoms with Gasteiger partial charge in [0.1, 0.15) is 29.9 Å². The van der Waals surface area contributed by atoms with Gasteiger partial charge in [0.05, 0.1) is 6.10 Å². The fourth-order valence-corrected chi connectivity index (χ4v) is 3.41. The van der Waals surface area contributed by atoms with Gasteiger partial charge in [0.2, 0.25) is 23.6 Å². The molecule has 12 N–H and O–H groups in total. The van der Waals surface area contributed by atoms with Crippen LogP contribution in [0.25, 0.3) is 0 Å². The number of benzene rings is 1. The van der Waals surface area contributed by atoms with Crippen LogP contribution in [0.1, 0.15) is 44.6 Å². The molecule has 0 radical (unpaired) electrons. The van der Waals surface area contributed by atoms with Gasteiger partial charge in [0, 0.05) is 12.8 Å². The van der Waals surface area contributed by atoms with E-state index in [-0.39, 0.29) is 31.4 Å². The number of carboxylic acids is 1. The third-order valence-electron chi connectivity index (χ3n) is 5.71. The molecule has 0 aliphatic carbocycles. The maximum Gasteiger partial charge on any atom is 0.326 e. The number of carbonyl (C=O) groups excluding carboxylic acids is 4. The van der Waals surface area contributed by atoms with Crippen molar-refractivity contribution in [3.8, 4) is 5.75 Å². The lowest BCUT2D eigenvalue weighted by atomic mass is 10.0. The number of primary amides is 1. The van der Waals surface area contributed by atoms with E-state index in [1.807, 2.05) is 0 Å². The van der Waals surface area contributed by atoms with Crippen LogP contribution >= 0.6 is 0 Å².